The molecule has 0 aromatic carbocycles. The second-order valence-electron chi connectivity index (χ2n) is 6.25. The minimum absolute atomic E-state index is 0.0280. The van der Waals surface area contributed by atoms with Gasteiger partial charge in [0.2, 0.25) is 10.0 Å². The molecule has 1 rings (SSSR count). The van der Waals surface area contributed by atoms with Gasteiger partial charge in [0.15, 0.2) is 11.7 Å². The van der Waals surface area contributed by atoms with Gasteiger partial charge < -0.3 is 15.2 Å². The molecule has 1 heterocycles. The Morgan fingerprint density at radius 1 is 1.19 bits per heavy atom. The molecule has 0 saturated carbocycles. The average Bonchev–Trinajstić information content (AvgIpc) is 3.10. The summed E-state index contributed by atoms with van der Waals surface area (Å²) in [6.07, 6.45) is 2.05. The minimum atomic E-state index is -3.25. The Balaban J connectivity index is 2.65. The molecule has 0 amide bonds. The van der Waals surface area contributed by atoms with Crippen molar-refractivity contribution < 1.29 is 12.9 Å². The van der Waals surface area contributed by atoms with Crippen LogP contribution in [-0.2, 0) is 16.6 Å². The first kappa shape index (κ1) is 23.4. The smallest absolute Gasteiger partial charge is 0.215 e. The first-order valence-corrected chi connectivity index (χ1v) is 11.5. The minimum Gasteiger partial charge on any atom is -0.359 e. The maximum atomic E-state index is 12.2. The highest BCUT2D eigenvalue weighted by Crippen LogP contribution is 2.22. The van der Waals surface area contributed by atoms with Crippen LogP contribution in [0, 0.1) is 0 Å². The summed E-state index contributed by atoms with van der Waals surface area (Å²) in [5, 5.41) is 10.3. The number of aromatic nitrogens is 1. The van der Waals surface area contributed by atoms with Gasteiger partial charge in [-0.2, -0.15) is 0 Å². The van der Waals surface area contributed by atoms with Gasteiger partial charge in [0.1, 0.15) is 6.54 Å². The molecule has 0 bridgehead atoms. The number of sulfonamides is 1. The lowest BCUT2D eigenvalue weighted by atomic mass is 9.99. The fourth-order valence-corrected chi connectivity index (χ4v) is 4.25. The van der Waals surface area contributed by atoms with Crippen LogP contribution >= 0.6 is 0 Å². The van der Waals surface area contributed by atoms with Crippen molar-refractivity contribution >= 4 is 16.0 Å². The number of nitrogens with zero attached hydrogens (tertiary/aromatic N) is 3. The molecule has 0 aliphatic rings. The van der Waals surface area contributed by atoms with Gasteiger partial charge in [0, 0.05) is 38.2 Å². The Bertz CT molecular complexity index is 664. The summed E-state index contributed by atoms with van der Waals surface area (Å²) in [7, 11) is -3.25. The van der Waals surface area contributed by atoms with E-state index in [1.807, 2.05) is 26.8 Å². The van der Waals surface area contributed by atoms with E-state index in [0.717, 1.165) is 18.5 Å². The first-order chi connectivity index (χ1) is 12.9. The largest absolute Gasteiger partial charge is 0.359 e. The zero-order valence-electron chi connectivity index (χ0n) is 17.3. The molecule has 0 spiro atoms. The Labute approximate surface area is 163 Å². The van der Waals surface area contributed by atoms with Crippen LogP contribution in [0.5, 0.6) is 0 Å². The number of aliphatic imine (C=N–C) groups is 1. The third-order valence-electron chi connectivity index (χ3n) is 4.47. The molecule has 1 aromatic heterocycles. The Morgan fingerprint density at radius 3 is 2.41 bits per heavy atom. The van der Waals surface area contributed by atoms with Crippen molar-refractivity contribution in [1.29, 1.82) is 0 Å². The summed E-state index contributed by atoms with van der Waals surface area (Å²) in [5.41, 5.74) is 0.966. The van der Waals surface area contributed by atoms with Crippen molar-refractivity contribution in [2.75, 3.05) is 31.9 Å². The Morgan fingerprint density at radius 2 is 1.85 bits per heavy atom. The van der Waals surface area contributed by atoms with E-state index in [9.17, 15) is 8.42 Å². The number of nitrogens with one attached hydrogen (secondary N) is 2. The predicted octanol–water partition coefficient (Wildman–Crippen LogP) is 2.30. The summed E-state index contributed by atoms with van der Waals surface area (Å²) in [4.78, 5) is 4.47. The van der Waals surface area contributed by atoms with E-state index in [4.69, 9.17) is 4.52 Å². The van der Waals surface area contributed by atoms with Crippen molar-refractivity contribution in [2.24, 2.45) is 4.99 Å². The number of hydrogen-bond donors (Lipinski definition) is 2. The molecular weight excluding hydrogens is 366 g/mol. The summed E-state index contributed by atoms with van der Waals surface area (Å²) in [6, 6.07) is 1.95. The van der Waals surface area contributed by atoms with Crippen LogP contribution in [0.2, 0.25) is 0 Å². The molecular formula is C18H35N5O3S. The van der Waals surface area contributed by atoms with E-state index in [1.54, 1.807) is 0 Å². The average molecular weight is 402 g/mol. The Kier molecular flexibility index (Phi) is 10.4. The molecule has 27 heavy (non-hydrogen) atoms. The van der Waals surface area contributed by atoms with Gasteiger partial charge >= 0.3 is 0 Å². The highest BCUT2D eigenvalue weighted by molar-refractivity contribution is 7.89. The lowest BCUT2D eigenvalue weighted by Crippen LogP contribution is -2.42. The van der Waals surface area contributed by atoms with Crippen molar-refractivity contribution in [3.8, 4) is 0 Å². The zero-order valence-corrected chi connectivity index (χ0v) is 18.1. The zero-order chi connectivity index (χ0) is 20.3. The molecule has 0 fully saturated rings. The van der Waals surface area contributed by atoms with Crippen molar-refractivity contribution in [2.45, 2.75) is 59.9 Å². The van der Waals surface area contributed by atoms with Crippen LogP contribution in [0.15, 0.2) is 15.6 Å². The second-order valence-corrected chi connectivity index (χ2v) is 8.34. The van der Waals surface area contributed by atoms with Gasteiger partial charge in [0.05, 0.1) is 11.4 Å². The van der Waals surface area contributed by atoms with Crippen molar-refractivity contribution in [1.82, 2.24) is 20.1 Å². The fraction of sp³-hybridized carbons (Fsp3) is 0.778. The van der Waals surface area contributed by atoms with Crippen LogP contribution in [0.25, 0.3) is 0 Å². The van der Waals surface area contributed by atoms with Crippen LogP contribution in [0.3, 0.4) is 0 Å². The number of guanidine groups is 1. The molecule has 0 atom stereocenters. The standard InChI is InChI=1S/C18H35N5O3S/c1-6-15(7-2)17-13-16(26-22-17)14-21-18(19-8-3)20-11-12-27(24,25)23(9-4)10-5/h13,15H,6-12,14H2,1-5H3,(H2,19,20,21). The summed E-state index contributed by atoms with van der Waals surface area (Å²) in [6.45, 7) is 12.2. The monoisotopic (exact) mass is 401 g/mol. The van der Waals surface area contributed by atoms with Crippen LogP contribution in [0.1, 0.15) is 64.8 Å². The lowest BCUT2D eigenvalue weighted by molar-refractivity contribution is 0.372. The van der Waals surface area contributed by atoms with Gasteiger partial charge in [-0.05, 0) is 19.8 Å². The van der Waals surface area contributed by atoms with Crippen LogP contribution in [-0.4, -0.2) is 55.8 Å². The van der Waals surface area contributed by atoms with E-state index in [0.29, 0.717) is 50.4 Å². The second kappa shape index (κ2) is 12.0. The molecule has 0 aliphatic carbocycles. The summed E-state index contributed by atoms with van der Waals surface area (Å²) < 4.78 is 31.3. The highest BCUT2D eigenvalue weighted by Gasteiger charge is 2.18. The normalized spacial score (nSPS) is 12.8. The maximum absolute atomic E-state index is 12.2. The SMILES string of the molecule is CCNC(=NCc1cc(C(CC)CC)no1)NCCS(=O)(=O)N(CC)CC. The van der Waals surface area contributed by atoms with Crippen LogP contribution < -0.4 is 10.6 Å². The fourth-order valence-electron chi connectivity index (χ4n) is 2.85. The highest BCUT2D eigenvalue weighted by atomic mass is 32.2. The topological polar surface area (TPSA) is 99.8 Å². The molecule has 0 saturated heterocycles. The molecule has 0 aliphatic heterocycles. The van der Waals surface area contributed by atoms with E-state index in [1.165, 1.54) is 4.31 Å². The third kappa shape index (κ3) is 7.50. The maximum Gasteiger partial charge on any atom is 0.215 e. The van der Waals surface area contributed by atoms with E-state index >= 15 is 0 Å². The number of hydrogen-bond acceptors (Lipinski definition) is 5. The van der Waals surface area contributed by atoms with Gasteiger partial charge in [-0.3, -0.25) is 0 Å². The van der Waals surface area contributed by atoms with E-state index in [-0.39, 0.29) is 5.75 Å². The lowest BCUT2D eigenvalue weighted by Gasteiger charge is -2.19. The molecule has 8 nitrogen and oxygen atoms in total. The number of rotatable bonds is 12. The Hall–Kier alpha value is -1.61. The molecule has 9 heteroatoms. The third-order valence-corrected chi connectivity index (χ3v) is 6.49. The van der Waals surface area contributed by atoms with Gasteiger partial charge in [-0.25, -0.2) is 17.7 Å². The van der Waals surface area contributed by atoms with Crippen LogP contribution in [0.4, 0.5) is 0 Å². The molecule has 1 aromatic rings. The molecule has 2 N–H and O–H groups in total. The van der Waals surface area contributed by atoms with Crippen molar-refractivity contribution in [3.05, 3.63) is 17.5 Å². The molecule has 0 unspecified atom stereocenters. The summed E-state index contributed by atoms with van der Waals surface area (Å²) in [5.74, 6) is 1.70. The van der Waals surface area contributed by atoms with Gasteiger partial charge in [-0.15, -0.1) is 0 Å². The van der Waals surface area contributed by atoms with Gasteiger partial charge in [0.25, 0.3) is 0 Å². The van der Waals surface area contributed by atoms with E-state index in [2.05, 4.69) is 34.6 Å². The van der Waals surface area contributed by atoms with Gasteiger partial charge in [-0.1, -0.05) is 32.9 Å². The predicted molar refractivity (Wildman–Crippen MR) is 109 cm³/mol. The quantitative estimate of drug-likeness (QED) is 0.412. The molecule has 0 radical (unpaired) electrons. The first-order valence-electron chi connectivity index (χ1n) is 9.87. The van der Waals surface area contributed by atoms with E-state index < -0.39 is 10.0 Å². The summed E-state index contributed by atoms with van der Waals surface area (Å²) >= 11 is 0. The van der Waals surface area contributed by atoms with Crippen molar-refractivity contribution in [3.63, 3.8) is 0 Å². The molecule has 156 valence electrons.